The molecule has 0 spiro atoms. The van der Waals surface area contributed by atoms with Crippen LogP contribution in [0.15, 0.2) is 47.4 Å². The zero-order valence-electron chi connectivity index (χ0n) is 11.8. The molecule has 20 heavy (non-hydrogen) atoms. The lowest BCUT2D eigenvalue weighted by atomic mass is 9.95. The van der Waals surface area contributed by atoms with Gasteiger partial charge < -0.3 is 5.73 Å². The van der Waals surface area contributed by atoms with Gasteiger partial charge in [-0.3, -0.25) is 0 Å². The van der Waals surface area contributed by atoms with Gasteiger partial charge in [0.05, 0.1) is 4.90 Å². The van der Waals surface area contributed by atoms with Crippen molar-refractivity contribution >= 4 is 20.8 Å². The largest absolute Gasteiger partial charge is 0.330 e. The predicted octanol–water partition coefficient (Wildman–Crippen LogP) is 2.10. The summed E-state index contributed by atoms with van der Waals surface area (Å²) in [5, 5.41) is 1.64. The maximum atomic E-state index is 12.5. The first-order valence-corrected chi connectivity index (χ1v) is 8.02. The molecule has 0 aliphatic carbocycles. The summed E-state index contributed by atoms with van der Waals surface area (Å²) in [6.45, 7) is 4.59. The Hall–Kier alpha value is -1.43. The van der Waals surface area contributed by atoms with Crippen molar-refractivity contribution < 1.29 is 8.42 Å². The van der Waals surface area contributed by atoms with E-state index in [-0.39, 0.29) is 5.41 Å². The van der Waals surface area contributed by atoms with Crippen molar-refractivity contribution in [2.45, 2.75) is 18.7 Å². The summed E-state index contributed by atoms with van der Waals surface area (Å²) in [6.07, 6.45) is 0. The van der Waals surface area contributed by atoms with E-state index in [0.29, 0.717) is 18.0 Å². The van der Waals surface area contributed by atoms with E-state index in [1.54, 1.807) is 12.1 Å². The summed E-state index contributed by atoms with van der Waals surface area (Å²) >= 11 is 0. The molecule has 0 radical (unpaired) electrons. The highest BCUT2D eigenvalue weighted by Gasteiger charge is 2.22. The van der Waals surface area contributed by atoms with E-state index in [2.05, 4.69) is 4.72 Å². The summed E-state index contributed by atoms with van der Waals surface area (Å²) in [6, 6.07) is 12.7. The SMILES string of the molecule is CC(C)(CN)CNS(=O)(=O)c1cccc2ccccc12. The minimum atomic E-state index is -3.54. The Kier molecular flexibility index (Phi) is 4.13. The summed E-state index contributed by atoms with van der Waals surface area (Å²) in [4.78, 5) is 0.309. The molecule has 0 aliphatic heterocycles. The summed E-state index contributed by atoms with van der Waals surface area (Å²) < 4.78 is 27.6. The van der Waals surface area contributed by atoms with Crippen LogP contribution in [0.1, 0.15) is 13.8 Å². The van der Waals surface area contributed by atoms with Crippen LogP contribution < -0.4 is 10.5 Å². The van der Waals surface area contributed by atoms with Gasteiger partial charge in [-0.15, -0.1) is 0 Å². The third-order valence-corrected chi connectivity index (χ3v) is 4.79. The van der Waals surface area contributed by atoms with Gasteiger partial charge in [-0.05, 0) is 23.4 Å². The first kappa shape index (κ1) is 15.0. The molecule has 0 saturated carbocycles. The first-order valence-electron chi connectivity index (χ1n) is 6.53. The third kappa shape index (κ3) is 3.17. The minimum Gasteiger partial charge on any atom is -0.330 e. The highest BCUT2D eigenvalue weighted by molar-refractivity contribution is 7.89. The monoisotopic (exact) mass is 292 g/mol. The molecule has 3 N–H and O–H groups in total. The van der Waals surface area contributed by atoms with Crippen LogP contribution in [0.25, 0.3) is 10.8 Å². The Balaban J connectivity index is 2.38. The molecule has 0 heterocycles. The van der Waals surface area contributed by atoms with E-state index in [4.69, 9.17) is 5.73 Å². The highest BCUT2D eigenvalue weighted by atomic mass is 32.2. The summed E-state index contributed by atoms with van der Waals surface area (Å²) in [5.41, 5.74) is 5.36. The fourth-order valence-corrected chi connectivity index (χ4v) is 3.34. The van der Waals surface area contributed by atoms with E-state index in [9.17, 15) is 8.42 Å². The van der Waals surface area contributed by atoms with Crippen LogP contribution in [-0.4, -0.2) is 21.5 Å². The average Bonchev–Trinajstić information content (AvgIpc) is 2.45. The molecule has 0 unspecified atom stereocenters. The van der Waals surface area contributed by atoms with Gasteiger partial charge in [-0.2, -0.15) is 0 Å². The predicted molar refractivity (Wildman–Crippen MR) is 82.0 cm³/mol. The maximum absolute atomic E-state index is 12.5. The van der Waals surface area contributed by atoms with Gasteiger partial charge in [-0.1, -0.05) is 50.2 Å². The van der Waals surface area contributed by atoms with Gasteiger partial charge in [-0.25, -0.2) is 13.1 Å². The Morgan fingerprint density at radius 2 is 1.75 bits per heavy atom. The quantitative estimate of drug-likeness (QED) is 0.886. The van der Waals surface area contributed by atoms with Gasteiger partial charge in [0, 0.05) is 11.9 Å². The molecule has 0 bridgehead atoms. The molecule has 2 aromatic carbocycles. The Bertz CT molecular complexity index is 703. The van der Waals surface area contributed by atoms with E-state index < -0.39 is 10.0 Å². The maximum Gasteiger partial charge on any atom is 0.241 e. The number of fused-ring (bicyclic) bond motifs is 1. The first-order chi connectivity index (χ1) is 9.36. The van der Waals surface area contributed by atoms with Crippen LogP contribution in [0, 0.1) is 5.41 Å². The zero-order valence-corrected chi connectivity index (χ0v) is 12.6. The molecule has 0 saturated heterocycles. The van der Waals surface area contributed by atoms with Gasteiger partial charge in [0.15, 0.2) is 0 Å². The molecule has 0 atom stereocenters. The van der Waals surface area contributed by atoms with Crippen LogP contribution in [0.3, 0.4) is 0 Å². The van der Waals surface area contributed by atoms with Gasteiger partial charge in [0.25, 0.3) is 0 Å². The van der Waals surface area contributed by atoms with Crippen LogP contribution in [-0.2, 0) is 10.0 Å². The fourth-order valence-electron chi connectivity index (χ4n) is 1.87. The van der Waals surface area contributed by atoms with Crippen LogP contribution in [0.4, 0.5) is 0 Å². The average molecular weight is 292 g/mol. The third-order valence-electron chi connectivity index (χ3n) is 3.33. The number of sulfonamides is 1. The molecule has 0 aliphatic rings. The molecule has 2 rings (SSSR count). The lowest BCUT2D eigenvalue weighted by molar-refractivity contribution is 0.376. The van der Waals surface area contributed by atoms with Crippen LogP contribution in [0.2, 0.25) is 0 Å². The van der Waals surface area contributed by atoms with Crippen molar-refractivity contribution in [2.24, 2.45) is 11.1 Å². The number of nitrogens with one attached hydrogen (secondary N) is 1. The second-order valence-corrected chi connectivity index (χ2v) is 7.41. The number of benzene rings is 2. The van der Waals surface area contributed by atoms with Crippen LogP contribution >= 0.6 is 0 Å². The molecule has 108 valence electrons. The number of hydrogen-bond donors (Lipinski definition) is 2. The second kappa shape index (κ2) is 5.52. The summed E-state index contributed by atoms with van der Waals surface area (Å²) in [5.74, 6) is 0. The molecule has 5 heteroatoms. The summed E-state index contributed by atoms with van der Waals surface area (Å²) in [7, 11) is -3.54. The smallest absolute Gasteiger partial charge is 0.241 e. The number of rotatable bonds is 5. The number of nitrogens with two attached hydrogens (primary N) is 1. The topological polar surface area (TPSA) is 72.2 Å². The molecule has 2 aromatic rings. The fraction of sp³-hybridized carbons (Fsp3) is 0.333. The lowest BCUT2D eigenvalue weighted by Gasteiger charge is -2.22. The van der Waals surface area contributed by atoms with Crippen molar-refractivity contribution in [1.29, 1.82) is 0 Å². The van der Waals surface area contributed by atoms with Gasteiger partial charge >= 0.3 is 0 Å². The van der Waals surface area contributed by atoms with Crippen molar-refractivity contribution in [2.75, 3.05) is 13.1 Å². The van der Waals surface area contributed by atoms with E-state index >= 15 is 0 Å². The molecular formula is C15H20N2O2S. The van der Waals surface area contributed by atoms with E-state index in [1.807, 2.05) is 44.2 Å². The van der Waals surface area contributed by atoms with E-state index in [0.717, 1.165) is 10.8 Å². The zero-order chi connectivity index (χ0) is 14.8. The molecule has 4 nitrogen and oxygen atoms in total. The Morgan fingerprint density at radius 3 is 2.45 bits per heavy atom. The number of hydrogen-bond acceptors (Lipinski definition) is 3. The van der Waals surface area contributed by atoms with Crippen LogP contribution in [0.5, 0.6) is 0 Å². The lowest BCUT2D eigenvalue weighted by Crippen LogP contribution is -2.38. The highest BCUT2D eigenvalue weighted by Crippen LogP contribution is 2.23. The van der Waals surface area contributed by atoms with E-state index in [1.165, 1.54) is 0 Å². The van der Waals surface area contributed by atoms with Gasteiger partial charge in [0.2, 0.25) is 10.0 Å². The molecule has 0 amide bonds. The Morgan fingerprint density at radius 1 is 1.10 bits per heavy atom. The standard InChI is InChI=1S/C15H20N2O2S/c1-15(2,10-16)11-17-20(18,19)14-9-5-7-12-6-3-4-8-13(12)14/h3-9,17H,10-11,16H2,1-2H3. The van der Waals surface area contributed by atoms with Crippen molar-refractivity contribution in [1.82, 2.24) is 4.72 Å². The Labute approximate surface area is 120 Å². The van der Waals surface area contributed by atoms with Crippen molar-refractivity contribution in [3.63, 3.8) is 0 Å². The van der Waals surface area contributed by atoms with Crippen molar-refractivity contribution in [3.05, 3.63) is 42.5 Å². The minimum absolute atomic E-state index is 0.266. The molecule has 0 fully saturated rings. The molecule has 0 aromatic heterocycles. The van der Waals surface area contributed by atoms with Crippen molar-refractivity contribution in [3.8, 4) is 0 Å². The van der Waals surface area contributed by atoms with Gasteiger partial charge in [0.1, 0.15) is 0 Å². The molecular weight excluding hydrogens is 272 g/mol. The second-order valence-electron chi connectivity index (χ2n) is 5.67. The normalized spacial score (nSPS) is 12.8.